The average Bonchev–Trinajstić information content (AvgIpc) is 3.45. The lowest BCUT2D eigenvalue weighted by atomic mass is 10.1. The average molecular weight is 519 g/mol. The first-order valence-electron chi connectivity index (χ1n) is 12.1. The Balaban J connectivity index is 1.45. The van der Waals surface area contributed by atoms with Crippen molar-refractivity contribution in [1.29, 1.82) is 0 Å². The van der Waals surface area contributed by atoms with E-state index >= 15 is 0 Å². The minimum absolute atomic E-state index is 0.277. The van der Waals surface area contributed by atoms with Gasteiger partial charge in [-0.2, -0.15) is 0 Å². The van der Waals surface area contributed by atoms with E-state index in [0.29, 0.717) is 24.0 Å². The Bertz CT molecular complexity index is 1170. The van der Waals surface area contributed by atoms with E-state index in [1.807, 2.05) is 26.0 Å². The number of allylic oxidation sites excluding steroid dienone is 1. The van der Waals surface area contributed by atoms with Crippen LogP contribution in [0, 0.1) is 0 Å². The third-order valence-corrected chi connectivity index (χ3v) is 5.85. The minimum Gasteiger partial charge on any atom is -0.467 e. The van der Waals surface area contributed by atoms with Gasteiger partial charge in [0.05, 0.1) is 13.4 Å². The zero-order valence-corrected chi connectivity index (χ0v) is 21.8. The Hall–Kier alpha value is -3.29. The summed E-state index contributed by atoms with van der Waals surface area (Å²) in [6.45, 7) is 8.93. The Kier molecular flexibility index (Phi) is 7.40. The van der Waals surface area contributed by atoms with Crippen molar-refractivity contribution in [2.24, 2.45) is 0 Å². The van der Waals surface area contributed by atoms with Crippen molar-refractivity contribution >= 4 is 29.0 Å². The van der Waals surface area contributed by atoms with Crippen molar-refractivity contribution in [2.75, 3.05) is 12.8 Å². The molecule has 0 spiro atoms. The molecule has 5 atom stereocenters. The molecule has 2 fully saturated rings. The number of nitrogens with one attached hydrogen (secondary N) is 1. The van der Waals surface area contributed by atoms with Gasteiger partial charge in [-0.15, -0.1) is 0 Å². The molecule has 0 bridgehead atoms. The second-order valence-electron chi connectivity index (χ2n) is 10.4. The number of fused-ring (bicyclic) bond motifs is 2. The maximum absolute atomic E-state index is 12.2. The predicted octanol–water partition coefficient (Wildman–Crippen LogP) is 2.23. The summed E-state index contributed by atoms with van der Waals surface area (Å²) < 4.78 is 30.5. The van der Waals surface area contributed by atoms with Gasteiger partial charge in [0, 0.05) is 0 Å². The zero-order chi connectivity index (χ0) is 27.0. The van der Waals surface area contributed by atoms with Crippen LogP contribution in [0.5, 0.6) is 0 Å². The Morgan fingerprint density at radius 3 is 2.68 bits per heavy atom. The Morgan fingerprint density at radius 2 is 1.97 bits per heavy atom. The van der Waals surface area contributed by atoms with Crippen LogP contribution < -0.4 is 11.1 Å². The van der Waals surface area contributed by atoms with E-state index in [2.05, 4.69) is 20.3 Å². The fraction of sp³-hybridized carbons (Fsp3) is 0.625. The normalized spacial score (nSPS) is 25.8. The molecule has 0 radical (unpaired) electrons. The van der Waals surface area contributed by atoms with Crippen molar-refractivity contribution in [2.45, 2.75) is 89.4 Å². The maximum atomic E-state index is 12.2. The molecule has 4 rings (SSSR count). The van der Waals surface area contributed by atoms with E-state index in [4.69, 9.17) is 29.4 Å². The van der Waals surface area contributed by atoms with Crippen molar-refractivity contribution in [3.05, 3.63) is 24.8 Å². The molecule has 13 heteroatoms. The molecule has 37 heavy (non-hydrogen) atoms. The standard InChI is InChI=1S/C24H34N6O7/c1-23(2,3)37-22(32)29-13(21(31)33-6)9-7-8-10-14-16-17(36-24(4,5)35-16)20(34-14)30-12-28-15-18(25)26-11-27-19(15)30/h8,10-14,16-17,20H,7,9H2,1-6H3,(H,29,32)(H2,25,26,27)/b10-8+/t13?,14-,16-,17-,20-/m1/s1. The monoisotopic (exact) mass is 518 g/mol. The smallest absolute Gasteiger partial charge is 0.408 e. The number of carbonyl (C=O) groups excluding carboxylic acids is 2. The van der Waals surface area contributed by atoms with Crippen LogP contribution in [-0.2, 0) is 28.5 Å². The first kappa shape index (κ1) is 26.8. The van der Waals surface area contributed by atoms with Crippen LogP contribution >= 0.6 is 0 Å². The lowest BCUT2D eigenvalue weighted by Gasteiger charge is -2.24. The molecule has 2 saturated heterocycles. The molecule has 0 aliphatic carbocycles. The highest BCUT2D eigenvalue weighted by molar-refractivity contribution is 5.81. The molecule has 2 aliphatic rings. The van der Waals surface area contributed by atoms with Crippen LogP contribution in [0.4, 0.5) is 10.6 Å². The molecule has 13 nitrogen and oxygen atoms in total. The second-order valence-corrected chi connectivity index (χ2v) is 10.4. The van der Waals surface area contributed by atoms with Gasteiger partial charge in [0.1, 0.15) is 41.8 Å². The number of amides is 1. The van der Waals surface area contributed by atoms with Gasteiger partial charge in [-0.3, -0.25) is 4.57 Å². The van der Waals surface area contributed by atoms with Crippen LogP contribution in [0.25, 0.3) is 11.2 Å². The fourth-order valence-electron chi connectivity index (χ4n) is 4.38. The van der Waals surface area contributed by atoms with E-state index < -0.39 is 47.9 Å². The number of anilines is 1. The van der Waals surface area contributed by atoms with Crippen LogP contribution in [0.3, 0.4) is 0 Å². The topological polar surface area (TPSA) is 162 Å². The maximum Gasteiger partial charge on any atom is 0.408 e. The van der Waals surface area contributed by atoms with E-state index in [1.165, 1.54) is 13.4 Å². The number of aromatic nitrogens is 4. The number of rotatable bonds is 7. The molecule has 1 amide bonds. The minimum atomic E-state index is -0.859. The number of nitrogen functional groups attached to an aromatic ring is 1. The Morgan fingerprint density at radius 1 is 1.24 bits per heavy atom. The van der Waals surface area contributed by atoms with Crippen molar-refractivity contribution in [3.63, 3.8) is 0 Å². The molecule has 1 unspecified atom stereocenters. The molecule has 0 aromatic carbocycles. The lowest BCUT2D eigenvalue weighted by Crippen LogP contribution is -2.43. The SMILES string of the molecule is COC(=O)C(CC/C=C/[C@H]1O[C@@H](n2cnc3c(N)ncnc32)[C@@H]2OC(C)(C)O[C@@H]21)NC(=O)OC(C)(C)C. The number of esters is 1. The number of nitrogens with zero attached hydrogens (tertiary/aromatic N) is 4. The van der Waals surface area contributed by atoms with Crippen LogP contribution in [0.1, 0.15) is 53.7 Å². The second kappa shape index (κ2) is 10.2. The quantitative estimate of drug-likeness (QED) is 0.408. The molecular formula is C24H34N6O7. The molecule has 0 saturated carbocycles. The number of carbonyl (C=O) groups is 2. The van der Waals surface area contributed by atoms with Crippen LogP contribution in [0.15, 0.2) is 24.8 Å². The van der Waals surface area contributed by atoms with Gasteiger partial charge in [-0.05, 0) is 47.5 Å². The number of nitrogens with two attached hydrogens (primary N) is 1. The van der Waals surface area contributed by atoms with Gasteiger partial charge in [-0.25, -0.2) is 24.5 Å². The summed E-state index contributed by atoms with van der Waals surface area (Å²) in [5, 5.41) is 2.57. The summed E-state index contributed by atoms with van der Waals surface area (Å²) in [6, 6.07) is -0.859. The molecule has 3 N–H and O–H groups in total. The van der Waals surface area contributed by atoms with Gasteiger partial charge >= 0.3 is 12.1 Å². The number of ether oxygens (including phenoxy) is 5. The van der Waals surface area contributed by atoms with Gasteiger partial charge in [0.15, 0.2) is 23.5 Å². The van der Waals surface area contributed by atoms with E-state index in [9.17, 15) is 9.59 Å². The van der Waals surface area contributed by atoms with Crippen LogP contribution in [-0.4, -0.2) is 74.4 Å². The zero-order valence-electron chi connectivity index (χ0n) is 21.8. The summed E-state index contributed by atoms with van der Waals surface area (Å²) in [6.07, 6.45) is 4.98. The summed E-state index contributed by atoms with van der Waals surface area (Å²) in [5.41, 5.74) is 6.26. The third kappa shape index (κ3) is 6.00. The molecular weight excluding hydrogens is 484 g/mol. The predicted molar refractivity (Wildman–Crippen MR) is 131 cm³/mol. The first-order chi connectivity index (χ1) is 17.4. The molecule has 2 aromatic heterocycles. The number of alkyl carbamates (subject to hydrolysis) is 1. The molecule has 2 aromatic rings. The highest BCUT2D eigenvalue weighted by Crippen LogP contribution is 2.44. The fourth-order valence-corrected chi connectivity index (χ4v) is 4.38. The molecule has 202 valence electrons. The summed E-state index contributed by atoms with van der Waals surface area (Å²) >= 11 is 0. The first-order valence-corrected chi connectivity index (χ1v) is 12.1. The van der Waals surface area contributed by atoms with E-state index in [-0.39, 0.29) is 11.9 Å². The van der Waals surface area contributed by atoms with Gasteiger partial charge in [-0.1, -0.05) is 12.2 Å². The van der Waals surface area contributed by atoms with Crippen molar-refractivity contribution in [1.82, 2.24) is 24.8 Å². The van der Waals surface area contributed by atoms with Crippen molar-refractivity contribution in [3.8, 4) is 0 Å². The highest BCUT2D eigenvalue weighted by atomic mass is 16.8. The highest BCUT2D eigenvalue weighted by Gasteiger charge is 2.55. The van der Waals surface area contributed by atoms with Crippen molar-refractivity contribution < 1.29 is 33.3 Å². The van der Waals surface area contributed by atoms with E-state index in [1.54, 1.807) is 31.7 Å². The third-order valence-electron chi connectivity index (χ3n) is 5.85. The molecule has 4 heterocycles. The largest absolute Gasteiger partial charge is 0.467 e. The number of imidazole rings is 1. The summed E-state index contributed by atoms with van der Waals surface area (Å²) in [7, 11) is 1.27. The lowest BCUT2D eigenvalue weighted by molar-refractivity contribution is -0.191. The van der Waals surface area contributed by atoms with Gasteiger partial charge in [0.2, 0.25) is 0 Å². The number of methoxy groups -OCH3 is 1. The van der Waals surface area contributed by atoms with E-state index in [0.717, 1.165) is 0 Å². The summed E-state index contributed by atoms with van der Waals surface area (Å²) in [5.74, 6) is -1.08. The summed E-state index contributed by atoms with van der Waals surface area (Å²) in [4.78, 5) is 37.0. The van der Waals surface area contributed by atoms with Gasteiger partial charge in [0.25, 0.3) is 0 Å². The van der Waals surface area contributed by atoms with Gasteiger partial charge < -0.3 is 34.7 Å². The molecule has 2 aliphatic heterocycles. The number of hydrogen-bond acceptors (Lipinski definition) is 11. The Labute approximate surface area is 214 Å². The van der Waals surface area contributed by atoms with Crippen LogP contribution in [0.2, 0.25) is 0 Å². The number of hydrogen-bond donors (Lipinski definition) is 2.